The smallest absolute Gasteiger partial charge is 0.191 e. The number of ether oxygens (including phenoxy) is 2. The molecule has 0 radical (unpaired) electrons. The summed E-state index contributed by atoms with van der Waals surface area (Å²) in [6.45, 7) is 2.22. The monoisotopic (exact) mass is 372 g/mol. The van der Waals surface area contributed by atoms with Crippen molar-refractivity contribution in [2.45, 2.75) is 45.3 Å². The highest BCUT2D eigenvalue weighted by molar-refractivity contribution is 5.79. The van der Waals surface area contributed by atoms with Crippen LogP contribution in [0, 0.1) is 0 Å². The molecule has 0 bridgehead atoms. The molecule has 0 saturated carbocycles. The number of nitrogens with one attached hydrogen (secondary N) is 2. The molecule has 1 aliphatic rings. The Morgan fingerprint density at radius 1 is 1.07 bits per heavy atom. The first-order valence-electron chi connectivity index (χ1n) is 9.31. The van der Waals surface area contributed by atoms with Crippen molar-refractivity contribution < 1.29 is 9.47 Å². The molecule has 27 heavy (non-hydrogen) atoms. The molecule has 1 aromatic heterocycles. The molecule has 0 fully saturated rings. The number of rotatable bonds is 6. The average molecular weight is 372 g/mol. The molecule has 1 aromatic carbocycles. The Kier molecular flexibility index (Phi) is 6.51. The molecule has 0 aliphatic carbocycles. The third kappa shape index (κ3) is 4.69. The molecule has 3 rings (SSSR count). The summed E-state index contributed by atoms with van der Waals surface area (Å²) in [5, 5.41) is 15.3. The number of aliphatic imine (C=N–C) groups is 1. The van der Waals surface area contributed by atoms with E-state index >= 15 is 0 Å². The van der Waals surface area contributed by atoms with Crippen LogP contribution < -0.4 is 20.1 Å². The van der Waals surface area contributed by atoms with Crippen LogP contribution in [0.4, 0.5) is 0 Å². The first kappa shape index (κ1) is 19.0. The van der Waals surface area contributed by atoms with Crippen molar-refractivity contribution in [3.63, 3.8) is 0 Å². The van der Waals surface area contributed by atoms with Gasteiger partial charge in [0.25, 0.3) is 0 Å². The number of methoxy groups -OCH3 is 2. The first-order valence-corrected chi connectivity index (χ1v) is 9.31. The lowest BCUT2D eigenvalue weighted by atomic mass is 10.2. The van der Waals surface area contributed by atoms with Crippen LogP contribution in [0.2, 0.25) is 0 Å². The van der Waals surface area contributed by atoms with Crippen LogP contribution in [-0.2, 0) is 26.1 Å². The topological polar surface area (TPSA) is 85.6 Å². The fourth-order valence-corrected chi connectivity index (χ4v) is 3.24. The van der Waals surface area contributed by atoms with Gasteiger partial charge in [0, 0.05) is 26.6 Å². The normalized spacial score (nSPS) is 14.3. The van der Waals surface area contributed by atoms with E-state index < -0.39 is 0 Å². The number of guanidine groups is 1. The Balaban J connectivity index is 1.57. The summed E-state index contributed by atoms with van der Waals surface area (Å²) < 4.78 is 12.9. The number of hydrogen-bond donors (Lipinski definition) is 2. The standard InChI is InChI=1S/C19H28N6O2/c1-20-19(21-12-14-8-9-15(26-2)16(11-14)27-3)22-13-18-24-23-17-7-5-4-6-10-25(17)18/h8-9,11H,4-7,10,12-13H2,1-3H3,(H2,20,21,22). The lowest BCUT2D eigenvalue weighted by molar-refractivity contribution is 0.354. The second kappa shape index (κ2) is 9.25. The quantitative estimate of drug-likeness (QED) is 0.595. The number of hydrogen-bond acceptors (Lipinski definition) is 5. The molecule has 2 heterocycles. The minimum absolute atomic E-state index is 0.596. The number of aryl methyl sites for hydroxylation is 1. The van der Waals surface area contributed by atoms with Crippen molar-refractivity contribution in [3.05, 3.63) is 35.4 Å². The fourth-order valence-electron chi connectivity index (χ4n) is 3.24. The summed E-state index contributed by atoms with van der Waals surface area (Å²) in [6, 6.07) is 5.86. The van der Waals surface area contributed by atoms with E-state index in [0.717, 1.165) is 41.9 Å². The lowest BCUT2D eigenvalue weighted by Gasteiger charge is -2.14. The molecule has 0 amide bonds. The van der Waals surface area contributed by atoms with E-state index in [2.05, 4.69) is 30.4 Å². The van der Waals surface area contributed by atoms with Crippen LogP contribution in [-0.4, -0.2) is 42.0 Å². The Bertz CT molecular complexity index is 787. The van der Waals surface area contributed by atoms with Crippen LogP contribution >= 0.6 is 0 Å². The predicted molar refractivity (Wildman–Crippen MR) is 104 cm³/mol. The van der Waals surface area contributed by atoms with Crippen molar-refractivity contribution in [2.24, 2.45) is 4.99 Å². The summed E-state index contributed by atoms with van der Waals surface area (Å²) >= 11 is 0. The van der Waals surface area contributed by atoms with E-state index in [4.69, 9.17) is 9.47 Å². The lowest BCUT2D eigenvalue weighted by Crippen LogP contribution is -2.37. The highest BCUT2D eigenvalue weighted by atomic mass is 16.5. The van der Waals surface area contributed by atoms with Gasteiger partial charge in [-0.3, -0.25) is 4.99 Å². The third-order valence-corrected chi connectivity index (χ3v) is 4.73. The molecule has 1 aliphatic heterocycles. The van der Waals surface area contributed by atoms with Gasteiger partial charge in [0.05, 0.1) is 20.8 Å². The molecule has 0 unspecified atom stereocenters. The maximum atomic E-state index is 5.35. The highest BCUT2D eigenvalue weighted by Crippen LogP contribution is 2.27. The van der Waals surface area contributed by atoms with Crippen molar-refractivity contribution in [3.8, 4) is 11.5 Å². The fraction of sp³-hybridized carbons (Fsp3) is 0.526. The van der Waals surface area contributed by atoms with Gasteiger partial charge in [0.2, 0.25) is 0 Å². The largest absolute Gasteiger partial charge is 0.493 e. The van der Waals surface area contributed by atoms with Gasteiger partial charge in [-0.15, -0.1) is 10.2 Å². The molecule has 0 saturated heterocycles. The van der Waals surface area contributed by atoms with E-state index in [1.54, 1.807) is 21.3 Å². The highest BCUT2D eigenvalue weighted by Gasteiger charge is 2.14. The van der Waals surface area contributed by atoms with Crippen molar-refractivity contribution >= 4 is 5.96 Å². The second-order valence-electron chi connectivity index (χ2n) is 6.46. The number of benzene rings is 1. The minimum atomic E-state index is 0.596. The van der Waals surface area contributed by atoms with E-state index in [0.29, 0.717) is 18.8 Å². The molecule has 2 aromatic rings. The summed E-state index contributed by atoms with van der Waals surface area (Å²) in [6.07, 6.45) is 4.65. The predicted octanol–water partition coefficient (Wildman–Crippen LogP) is 1.89. The molecule has 0 atom stereocenters. The molecular formula is C19H28N6O2. The van der Waals surface area contributed by atoms with Crippen LogP contribution in [0.1, 0.15) is 36.5 Å². The van der Waals surface area contributed by atoms with Crippen molar-refractivity contribution in [1.82, 2.24) is 25.4 Å². The zero-order valence-corrected chi connectivity index (χ0v) is 16.3. The van der Waals surface area contributed by atoms with Crippen molar-refractivity contribution in [1.29, 1.82) is 0 Å². The van der Waals surface area contributed by atoms with Gasteiger partial charge in [-0.2, -0.15) is 0 Å². The minimum Gasteiger partial charge on any atom is -0.493 e. The first-order chi connectivity index (χ1) is 13.2. The van der Waals surface area contributed by atoms with Gasteiger partial charge in [-0.05, 0) is 30.5 Å². The summed E-state index contributed by atoms with van der Waals surface area (Å²) in [5.74, 6) is 4.21. The van der Waals surface area contributed by atoms with Gasteiger partial charge >= 0.3 is 0 Å². The molecule has 2 N–H and O–H groups in total. The maximum Gasteiger partial charge on any atom is 0.191 e. The molecule has 8 heteroatoms. The SMILES string of the molecule is CN=C(NCc1ccc(OC)c(OC)c1)NCc1nnc2n1CCCCC2. The summed E-state index contributed by atoms with van der Waals surface area (Å²) in [4.78, 5) is 4.29. The van der Waals surface area contributed by atoms with Gasteiger partial charge in [-0.1, -0.05) is 12.5 Å². The number of nitrogens with zero attached hydrogens (tertiary/aromatic N) is 4. The zero-order chi connectivity index (χ0) is 19.1. The van der Waals surface area contributed by atoms with Gasteiger partial charge < -0.3 is 24.7 Å². The zero-order valence-electron chi connectivity index (χ0n) is 16.3. The van der Waals surface area contributed by atoms with E-state index in [-0.39, 0.29) is 0 Å². The molecule has 146 valence electrons. The van der Waals surface area contributed by atoms with E-state index in [1.165, 1.54) is 19.3 Å². The Labute approximate surface area is 160 Å². The van der Waals surface area contributed by atoms with Gasteiger partial charge in [0.15, 0.2) is 23.3 Å². The average Bonchev–Trinajstić information content (AvgIpc) is 2.94. The Morgan fingerprint density at radius 2 is 1.89 bits per heavy atom. The number of aromatic nitrogens is 3. The molecular weight excluding hydrogens is 344 g/mol. The third-order valence-electron chi connectivity index (χ3n) is 4.73. The molecule has 8 nitrogen and oxygen atoms in total. The van der Waals surface area contributed by atoms with Gasteiger partial charge in [0.1, 0.15) is 5.82 Å². The Morgan fingerprint density at radius 3 is 2.67 bits per heavy atom. The molecule has 0 spiro atoms. The summed E-state index contributed by atoms with van der Waals surface area (Å²) in [7, 11) is 5.03. The van der Waals surface area contributed by atoms with Crippen LogP contribution in [0.25, 0.3) is 0 Å². The Hall–Kier alpha value is -2.77. The van der Waals surface area contributed by atoms with Crippen molar-refractivity contribution in [2.75, 3.05) is 21.3 Å². The summed E-state index contributed by atoms with van der Waals surface area (Å²) in [5.41, 5.74) is 1.08. The second-order valence-corrected chi connectivity index (χ2v) is 6.46. The maximum absolute atomic E-state index is 5.35. The van der Waals surface area contributed by atoms with Gasteiger partial charge in [-0.25, -0.2) is 0 Å². The van der Waals surface area contributed by atoms with Crippen LogP contribution in [0.5, 0.6) is 11.5 Å². The van der Waals surface area contributed by atoms with Crippen LogP contribution in [0.3, 0.4) is 0 Å². The van der Waals surface area contributed by atoms with Crippen LogP contribution in [0.15, 0.2) is 23.2 Å². The van der Waals surface area contributed by atoms with E-state index in [1.807, 2.05) is 18.2 Å². The van der Waals surface area contributed by atoms with E-state index in [9.17, 15) is 0 Å². The number of fused-ring (bicyclic) bond motifs is 1.